The number of halogens is 2. The van der Waals surface area contributed by atoms with E-state index < -0.39 is 0 Å². The van der Waals surface area contributed by atoms with Gasteiger partial charge in [0.15, 0.2) is 0 Å². The van der Waals surface area contributed by atoms with Gasteiger partial charge in [-0.2, -0.15) is 0 Å². The predicted molar refractivity (Wildman–Crippen MR) is 73.1 cm³/mol. The zero-order chi connectivity index (χ0) is 13.0. The lowest BCUT2D eigenvalue weighted by molar-refractivity contribution is 0.588. The fraction of sp³-hybridized carbons (Fsp3) is 0.200. The van der Waals surface area contributed by atoms with E-state index in [2.05, 4.69) is 24.4 Å². The second kappa shape index (κ2) is 5.98. The molecule has 0 saturated heterocycles. The number of hydrogen-bond acceptors (Lipinski definition) is 1. The normalized spacial score (nSPS) is 10.6. The third-order valence-corrected chi connectivity index (χ3v) is 3.05. The van der Waals surface area contributed by atoms with Crippen LogP contribution in [0, 0.1) is 12.7 Å². The SMILES string of the molecule is Cc1cccc(CNCc2cccc(Cl)c2F)c1. The summed E-state index contributed by atoms with van der Waals surface area (Å²) in [5, 5.41) is 3.39. The first kappa shape index (κ1) is 13.1. The Kier molecular flexibility index (Phi) is 4.34. The maximum Gasteiger partial charge on any atom is 0.146 e. The zero-order valence-corrected chi connectivity index (χ0v) is 11.0. The Morgan fingerprint density at radius 1 is 1.11 bits per heavy atom. The van der Waals surface area contributed by atoms with Gasteiger partial charge in [0.1, 0.15) is 5.82 Å². The first-order valence-corrected chi connectivity index (χ1v) is 6.24. The molecule has 0 aliphatic carbocycles. The van der Waals surface area contributed by atoms with Crippen LogP contribution in [0.15, 0.2) is 42.5 Å². The fourth-order valence-electron chi connectivity index (χ4n) is 1.85. The molecule has 18 heavy (non-hydrogen) atoms. The number of hydrogen-bond donors (Lipinski definition) is 1. The molecular weight excluding hydrogens is 249 g/mol. The summed E-state index contributed by atoms with van der Waals surface area (Å²) < 4.78 is 13.6. The first-order valence-electron chi connectivity index (χ1n) is 5.86. The zero-order valence-electron chi connectivity index (χ0n) is 10.2. The lowest BCUT2D eigenvalue weighted by Crippen LogP contribution is -2.13. The number of benzene rings is 2. The average molecular weight is 264 g/mol. The molecule has 0 aliphatic heterocycles. The molecule has 94 valence electrons. The van der Waals surface area contributed by atoms with E-state index in [1.54, 1.807) is 18.2 Å². The Bertz CT molecular complexity index is 540. The molecule has 1 N–H and O–H groups in total. The van der Waals surface area contributed by atoms with E-state index in [0.29, 0.717) is 18.7 Å². The van der Waals surface area contributed by atoms with Gasteiger partial charge >= 0.3 is 0 Å². The Balaban J connectivity index is 1.94. The van der Waals surface area contributed by atoms with Gasteiger partial charge in [0.05, 0.1) is 5.02 Å². The van der Waals surface area contributed by atoms with E-state index in [-0.39, 0.29) is 10.8 Å². The Morgan fingerprint density at radius 3 is 2.67 bits per heavy atom. The molecule has 0 radical (unpaired) electrons. The molecule has 0 amide bonds. The van der Waals surface area contributed by atoms with Crippen molar-refractivity contribution in [2.45, 2.75) is 20.0 Å². The summed E-state index contributed by atoms with van der Waals surface area (Å²) in [6.07, 6.45) is 0. The van der Waals surface area contributed by atoms with Gasteiger partial charge in [0, 0.05) is 18.7 Å². The van der Waals surface area contributed by atoms with E-state index >= 15 is 0 Å². The van der Waals surface area contributed by atoms with Gasteiger partial charge in [-0.1, -0.05) is 53.6 Å². The van der Waals surface area contributed by atoms with Crippen molar-refractivity contribution in [3.05, 3.63) is 70.0 Å². The van der Waals surface area contributed by atoms with Crippen LogP contribution in [0.3, 0.4) is 0 Å². The van der Waals surface area contributed by atoms with E-state index in [1.165, 1.54) is 11.1 Å². The molecule has 2 rings (SSSR count). The maximum absolute atomic E-state index is 13.6. The van der Waals surface area contributed by atoms with Crippen LogP contribution in [0.4, 0.5) is 4.39 Å². The molecule has 0 unspecified atom stereocenters. The third-order valence-electron chi connectivity index (χ3n) is 2.76. The molecule has 1 nitrogen and oxygen atoms in total. The van der Waals surface area contributed by atoms with Crippen LogP contribution >= 0.6 is 11.6 Å². The highest BCUT2D eigenvalue weighted by Crippen LogP contribution is 2.17. The molecule has 2 aromatic carbocycles. The van der Waals surface area contributed by atoms with Crippen LogP contribution in [-0.4, -0.2) is 0 Å². The van der Waals surface area contributed by atoms with Gasteiger partial charge in [-0.05, 0) is 18.6 Å². The summed E-state index contributed by atoms with van der Waals surface area (Å²) in [6, 6.07) is 13.3. The lowest BCUT2D eigenvalue weighted by Gasteiger charge is -2.07. The summed E-state index contributed by atoms with van der Waals surface area (Å²) in [5.74, 6) is -0.337. The number of nitrogens with one attached hydrogen (secondary N) is 1. The Morgan fingerprint density at radius 2 is 1.89 bits per heavy atom. The molecule has 0 spiro atoms. The molecule has 0 atom stereocenters. The minimum atomic E-state index is -0.337. The molecule has 0 bridgehead atoms. The van der Waals surface area contributed by atoms with Crippen molar-refractivity contribution < 1.29 is 4.39 Å². The first-order chi connectivity index (χ1) is 8.66. The highest BCUT2D eigenvalue weighted by molar-refractivity contribution is 6.30. The van der Waals surface area contributed by atoms with Gasteiger partial charge in [0.25, 0.3) is 0 Å². The van der Waals surface area contributed by atoms with Gasteiger partial charge in [-0.3, -0.25) is 0 Å². The number of rotatable bonds is 4. The van der Waals surface area contributed by atoms with E-state index in [9.17, 15) is 4.39 Å². The minimum Gasteiger partial charge on any atom is -0.309 e. The molecule has 0 aromatic heterocycles. The van der Waals surface area contributed by atoms with Crippen LogP contribution in [-0.2, 0) is 13.1 Å². The molecule has 0 heterocycles. The van der Waals surface area contributed by atoms with Crippen molar-refractivity contribution >= 4 is 11.6 Å². The molecular formula is C15H15ClFN. The van der Waals surface area contributed by atoms with Crippen molar-refractivity contribution in [2.24, 2.45) is 0 Å². The topological polar surface area (TPSA) is 12.0 Å². The smallest absolute Gasteiger partial charge is 0.146 e. The fourth-order valence-corrected chi connectivity index (χ4v) is 2.04. The predicted octanol–water partition coefficient (Wildman–Crippen LogP) is 4.08. The van der Waals surface area contributed by atoms with Crippen molar-refractivity contribution in [1.82, 2.24) is 5.32 Å². The van der Waals surface area contributed by atoms with Gasteiger partial charge in [-0.25, -0.2) is 4.39 Å². The summed E-state index contributed by atoms with van der Waals surface area (Å²) in [7, 11) is 0. The van der Waals surface area contributed by atoms with Crippen molar-refractivity contribution in [3.8, 4) is 0 Å². The summed E-state index contributed by atoms with van der Waals surface area (Å²) in [6.45, 7) is 3.24. The summed E-state index contributed by atoms with van der Waals surface area (Å²) in [5.41, 5.74) is 3.01. The molecule has 0 aliphatic rings. The lowest BCUT2D eigenvalue weighted by atomic mass is 10.1. The van der Waals surface area contributed by atoms with Gasteiger partial charge < -0.3 is 5.32 Å². The highest BCUT2D eigenvalue weighted by Gasteiger charge is 2.05. The third kappa shape index (κ3) is 3.31. The van der Waals surface area contributed by atoms with Crippen molar-refractivity contribution in [1.29, 1.82) is 0 Å². The average Bonchev–Trinajstić information content (AvgIpc) is 2.35. The Hall–Kier alpha value is -1.38. The van der Waals surface area contributed by atoms with Crippen molar-refractivity contribution in [2.75, 3.05) is 0 Å². The number of aryl methyl sites for hydroxylation is 1. The second-order valence-corrected chi connectivity index (χ2v) is 4.71. The summed E-state index contributed by atoms with van der Waals surface area (Å²) in [4.78, 5) is 0. The summed E-state index contributed by atoms with van der Waals surface area (Å²) >= 11 is 5.73. The van der Waals surface area contributed by atoms with Crippen LogP contribution in [0.25, 0.3) is 0 Å². The van der Waals surface area contributed by atoms with Gasteiger partial charge in [0.2, 0.25) is 0 Å². The van der Waals surface area contributed by atoms with Crippen LogP contribution in [0.5, 0.6) is 0 Å². The monoisotopic (exact) mass is 263 g/mol. The maximum atomic E-state index is 13.6. The molecule has 3 heteroatoms. The largest absolute Gasteiger partial charge is 0.309 e. The molecule has 0 saturated carbocycles. The second-order valence-electron chi connectivity index (χ2n) is 4.31. The van der Waals surface area contributed by atoms with E-state index in [4.69, 9.17) is 11.6 Å². The van der Waals surface area contributed by atoms with Crippen LogP contribution < -0.4 is 5.32 Å². The van der Waals surface area contributed by atoms with Crippen LogP contribution in [0.2, 0.25) is 5.02 Å². The van der Waals surface area contributed by atoms with E-state index in [0.717, 1.165) is 0 Å². The van der Waals surface area contributed by atoms with E-state index in [1.807, 2.05) is 12.1 Å². The molecule has 2 aromatic rings. The molecule has 0 fully saturated rings. The van der Waals surface area contributed by atoms with Crippen LogP contribution in [0.1, 0.15) is 16.7 Å². The highest BCUT2D eigenvalue weighted by atomic mass is 35.5. The minimum absolute atomic E-state index is 0.171. The standard InChI is InChI=1S/C15H15ClFN/c1-11-4-2-5-12(8-11)9-18-10-13-6-3-7-14(16)15(13)17/h2-8,18H,9-10H2,1H3. The van der Waals surface area contributed by atoms with Gasteiger partial charge in [-0.15, -0.1) is 0 Å². The Labute approximate surface area is 112 Å². The quantitative estimate of drug-likeness (QED) is 0.877. The van der Waals surface area contributed by atoms with Crippen molar-refractivity contribution in [3.63, 3.8) is 0 Å².